The van der Waals surface area contributed by atoms with Crippen molar-refractivity contribution in [2.45, 2.75) is 13.0 Å². The Bertz CT molecular complexity index is 810. The average molecular weight is 327 g/mol. The molecule has 0 saturated carbocycles. The molecule has 0 bridgehead atoms. The molecule has 0 spiro atoms. The monoisotopic (exact) mass is 327 g/mol. The molecule has 1 fully saturated rings. The number of anilines is 1. The molecule has 24 heavy (non-hydrogen) atoms. The molecule has 3 heterocycles. The van der Waals surface area contributed by atoms with Crippen LogP contribution < -0.4 is 4.90 Å². The largest absolute Gasteiger partial charge is 0.465 e. The van der Waals surface area contributed by atoms with Gasteiger partial charge in [0, 0.05) is 44.5 Å². The SMILES string of the molecule is CC1CN(c2cnc(C#N)c(-c3cnn(C)c3)n2)CCN1C(=O)O. The predicted octanol–water partition coefficient (Wildman–Crippen LogP) is 0.937. The van der Waals surface area contributed by atoms with Gasteiger partial charge < -0.3 is 14.9 Å². The van der Waals surface area contributed by atoms with Crippen LogP contribution in [0.3, 0.4) is 0 Å². The normalized spacial score (nSPS) is 17.6. The summed E-state index contributed by atoms with van der Waals surface area (Å²) in [5.41, 5.74) is 1.45. The van der Waals surface area contributed by atoms with E-state index in [0.717, 1.165) is 5.56 Å². The zero-order chi connectivity index (χ0) is 17.3. The van der Waals surface area contributed by atoms with E-state index in [0.29, 0.717) is 31.1 Å². The highest BCUT2D eigenvalue weighted by atomic mass is 16.4. The fraction of sp³-hybridized carbons (Fsp3) is 0.400. The van der Waals surface area contributed by atoms with Gasteiger partial charge in [0.05, 0.1) is 12.4 Å². The number of carboxylic acid groups (broad SMARTS) is 1. The molecule has 2 aromatic heterocycles. The van der Waals surface area contributed by atoms with E-state index >= 15 is 0 Å². The number of carbonyl (C=O) groups is 1. The summed E-state index contributed by atoms with van der Waals surface area (Å²) in [6.07, 6.45) is 4.06. The molecule has 3 rings (SSSR count). The number of hydrogen-bond acceptors (Lipinski definition) is 6. The molecule has 1 N–H and O–H groups in total. The number of amides is 1. The summed E-state index contributed by atoms with van der Waals surface area (Å²) in [5, 5.41) is 22.5. The van der Waals surface area contributed by atoms with E-state index < -0.39 is 6.09 Å². The number of aromatic nitrogens is 4. The van der Waals surface area contributed by atoms with Crippen molar-refractivity contribution in [3.05, 3.63) is 24.3 Å². The van der Waals surface area contributed by atoms with Gasteiger partial charge in [0.2, 0.25) is 0 Å². The molecule has 9 nitrogen and oxygen atoms in total. The summed E-state index contributed by atoms with van der Waals surface area (Å²) in [4.78, 5) is 23.3. The lowest BCUT2D eigenvalue weighted by Crippen LogP contribution is -2.54. The molecular formula is C15H17N7O2. The highest BCUT2D eigenvalue weighted by Crippen LogP contribution is 2.24. The van der Waals surface area contributed by atoms with E-state index in [1.54, 1.807) is 30.3 Å². The maximum Gasteiger partial charge on any atom is 0.407 e. The average Bonchev–Trinajstić information content (AvgIpc) is 3.00. The number of hydrogen-bond donors (Lipinski definition) is 1. The summed E-state index contributed by atoms with van der Waals surface area (Å²) in [5.74, 6) is 0.629. The van der Waals surface area contributed by atoms with E-state index in [2.05, 4.69) is 15.1 Å². The maximum absolute atomic E-state index is 11.2. The van der Waals surface area contributed by atoms with Gasteiger partial charge in [-0.2, -0.15) is 10.4 Å². The summed E-state index contributed by atoms with van der Waals surface area (Å²) < 4.78 is 1.64. The van der Waals surface area contributed by atoms with Crippen LogP contribution in [-0.4, -0.2) is 61.5 Å². The first kappa shape index (κ1) is 15.7. The van der Waals surface area contributed by atoms with E-state index in [1.165, 1.54) is 4.90 Å². The summed E-state index contributed by atoms with van der Waals surface area (Å²) >= 11 is 0. The second-order valence-corrected chi connectivity index (χ2v) is 5.71. The zero-order valence-electron chi connectivity index (χ0n) is 13.4. The van der Waals surface area contributed by atoms with Gasteiger partial charge in [-0.3, -0.25) is 4.68 Å². The first-order valence-electron chi connectivity index (χ1n) is 7.50. The fourth-order valence-corrected chi connectivity index (χ4v) is 2.81. The van der Waals surface area contributed by atoms with Crippen LogP contribution in [0.25, 0.3) is 11.3 Å². The third-order valence-corrected chi connectivity index (χ3v) is 4.04. The Morgan fingerprint density at radius 1 is 1.42 bits per heavy atom. The molecule has 0 aliphatic carbocycles. The van der Waals surface area contributed by atoms with Crippen molar-refractivity contribution in [3.8, 4) is 17.3 Å². The van der Waals surface area contributed by atoms with Crippen molar-refractivity contribution < 1.29 is 9.90 Å². The minimum absolute atomic E-state index is 0.143. The second-order valence-electron chi connectivity index (χ2n) is 5.71. The van der Waals surface area contributed by atoms with E-state index in [1.807, 2.05) is 17.9 Å². The van der Waals surface area contributed by atoms with Crippen molar-refractivity contribution in [2.24, 2.45) is 7.05 Å². The van der Waals surface area contributed by atoms with Crippen LogP contribution in [0.4, 0.5) is 10.6 Å². The lowest BCUT2D eigenvalue weighted by Gasteiger charge is -2.38. The van der Waals surface area contributed by atoms with Crippen LogP contribution in [-0.2, 0) is 7.05 Å². The maximum atomic E-state index is 11.2. The molecule has 1 aliphatic heterocycles. The molecule has 124 valence electrons. The molecule has 0 radical (unpaired) electrons. The molecule has 1 unspecified atom stereocenters. The van der Waals surface area contributed by atoms with Crippen LogP contribution >= 0.6 is 0 Å². The van der Waals surface area contributed by atoms with Gasteiger partial charge in [-0.05, 0) is 6.92 Å². The van der Waals surface area contributed by atoms with Crippen molar-refractivity contribution >= 4 is 11.9 Å². The Morgan fingerprint density at radius 3 is 2.79 bits per heavy atom. The smallest absolute Gasteiger partial charge is 0.407 e. The fourth-order valence-electron chi connectivity index (χ4n) is 2.81. The quantitative estimate of drug-likeness (QED) is 0.873. The first-order chi connectivity index (χ1) is 11.5. The van der Waals surface area contributed by atoms with Crippen molar-refractivity contribution in [3.63, 3.8) is 0 Å². The van der Waals surface area contributed by atoms with Gasteiger partial charge in [0.25, 0.3) is 0 Å². The molecule has 1 aliphatic rings. The number of aryl methyl sites for hydroxylation is 1. The summed E-state index contributed by atoms with van der Waals surface area (Å²) in [6.45, 7) is 3.32. The Labute approximate surface area is 138 Å². The molecule has 9 heteroatoms. The lowest BCUT2D eigenvalue weighted by atomic mass is 10.2. The Hall–Kier alpha value is -3.15. The van der Waals surface area contributed by atoms with E-state index in [-0.39, 0.29) is 11.7 Å². The Kier molecular flexibility index (Phi) is 4.04. The summed E-state index contributed by atoms with van der Waals surface area (Å²) in [7, 11) is 1.79. The molecule has 1 amide bonds. The van der Waals surface area contributed by atoms with Crippen molar-refractivity contribution in [2.75, 3.05) is 24.5 Å². The Balaban J connectivity index is 1.90. The Morgan fingerprint density at radius 2 is 2.21 bits per heavy atom. The molecule has 0 aromatic carbocycles. The number of nitrogens with zero attached hydrogens (tertiary/aromatic N) is 7. The van der Waals surface area contributed by atoms with Crippen LogP contribution in [0.5, 0.6) is 0 Å². The highest BCUT2D eigenvalue weighted by Gasteiger charge is 2.28. The molecule has 1 saturated heterocycles. The third kappa shape index (κ3) is 2.86. The topological polar surface area (TPSA) is 111 Å². The van der Waals surface area contributed by atoms with Crippen LogP contribution in [0.15, 0.2) is 18.6 Å². The van der Waals surface area contributed by atoms with Crippen molar-refractivity contribution in [1.82, 2.24) is 24.6 Å². The van der Waals surface area contributed by atoms with Gasteiger partial charge in [-0.15, -0.1) is 0 Å². The standard InChI is InChI=1S/C15H17N7O2/c1-10-8-21(3-4-22(10)15(23)24)13-7-17-12(5-16)14(19-13)11-6-18-20(2)9-11/h6-7,9-10H,3-4,8H2,1-2H3,(H,23,24). The van der Waals surface area contributed by atoms with Crippen LogP contribution in [0.2, 0.25) is 0 Å². The lowest BCUT2D eigenvalue weighted by molar-refractivity contribution is 0.122. The zero-order valence-corrected chi connectivity index (χ0v) is 13.4. The number of nitriles is 1. The number of piperazine rings is 1. The molecule has 1 atom stereocenters. The minimum Gasteiger partial charge on any atom is -0.465 e. The second kappa shape index (κ2) is 6.16. The van der Waals surface area contributed by atoms with Gasteiger partial charge in [-0.25, -0.2) is 14.8 Å². The van der Waals surface area contributed by atoms with E-state index in [4.69, 9.17) is 5.11 Å². The number of rotatable bonds is 2. The first-order valence-corrected chi connectivity index (χ1v) is 7.50. The third-order valence-electron chi connectivity index (χ3n) is 4.04. The summed E-state index contributed by atoms with van der Waals surface area (Å²) in [6, 6.07) is 1.91. The van der Waals surface area contributed by atoms with Gasteiger partial charge >= 0.3 is 6.09 Å². The van der Waals surface area contributed by atoms with Gasteiger partial charge in [-0.1, -0.05) is 0 Å². The van der Waals surface area contributed by atoms with E-state index in [9.17, 15) is 10.1 Å². The highest BCUT2D eigenvalue weighted by molar-refractivity contribution is 5.67. The van der Waals surface area contributed by atoms with Crippen LogP contribution in [0, 0.1) is 11.3 Å². The molecular weight excluding hydrogens is 310 g/mol. The van der Waals surface area contributed by atoms with Crippen molar-refractivity contribution in [1.29, 1.82) is 5.26 Å². The molecule has 2 aromatic rings. The van der Waals surface area contributed by atoms with Crippen LogP contribution in [0.1, 0.15) is 12.6 Å². The van der Waals surface area contributed by atoms with Gasteiger partial charge in [0.1, 0.15) is 17.6 Å². The predicted molar refractivity (Wildman–Crippen MR) is 85.4 cm³/mol. The van der Waals surface area contributed by atoms with Gasteiger partial charge in [0.15, 0.2) is 5.69 Å². The minimum atomic E-state index is -0.913.